The van der Waals surface area contributed by atoms with Crippen molar-refractivity contribution in [2.75, 3.05) is 18.1 Å². The number of hydrogen-bond donors (Lipinski definition) is 0. The topological polar surface area (TPSA) is 55.8 Å². The molecule has 0 bridgehead atoms. The van der Waals surface area contributed by atoms with E-state index in [2.05, 4.69) is 0 Å². The van der Waals surface area contributed by atoms with Crippen LogP contribution in [0.15, 0.2) is 60.7 Å². The zero-order chi connectivity index (χ0) is 24.0. The van der Waals surface area contributed by atoms with Gasteiger partial charge in [0, 0.05) is 21.3 Å². The summed E-state index contributed by atoms with van der Waals surface area (Å²) in [5.74, 6) is -0.224. The fourth-order valence-electron chi connectivity index (χ4n) is 3.15. The van der Waals surface area contributed by atoms with Gasteiger partial charge in [-0.1, -0.05) is 40.9 Å². The molecule has 0 aliphatic heterocycles. The Labute approximate surface area is 207 Å². The summed E-state index contributed by atoms with van der Waals surface area (Å²) in [6.07, 6.45) is 0. The predicted octanol–water partition coefficient (Wildman–Crippen LogP) is 7.07. The van der Waals surface area contributed by atoms with Crippen molar-refractivity contribution >= 4 is 52.4 Å². The van der Waals surface area contributed by atoms with Gasteiger partial charge < -0.3 is 14.4 Å². The molecule has 0 aliphatic carbocycles. The molecular formula is C25H22Cl3NO4. The summed E-state index contributed by atoms with van der Waals surface area (Å²) in [6, 6.07) is 16.6. The Morgan fingerprint density at radius 1 is 0.818 bits per heavy atom. The zero-order valence-electron chi connectivity index (χ0n) is 18.1. The molecular weight excluding hydrogens is 485 g/mol. The normalized spacial score (nSPS) is 10.6. The fourth-order valence-corrected chi connectivity index (χ4v) is 3.86. The molecule has 0 N–H and O–H groups in total. The van der Waals surface area contributed by atoms with Crippen molar-refractivity contribution in [1.82, 2.24) is 0 Å². The Hall–Kier alpha value is -2.73. The molecule has 3 aromatic carbocycles. The number of ether oxygens (including phenoxy) is 2. The Bertz CT molecular complexity index is 1150. The standard InChI is InChI=1S/C25H22Cl3NO4/c1-3-32-23-12-8-17(13-22(23)28)24(30)29(15-18-5-9-19(26)14-21(18)27)20-10-6-16(7-11-20)25(31)33-4-2/h5-14H,3-4,15H2,1-2H3. The molecule has 0 saturated carbocycles. The van der Waals surface area contributed by atoms with Crippen molar-refractivity contribution in [2.24, 2.45) is 0 Å². The third kappa shape index (κ3) is 6.20. The van der Waals surface area contributed by atoms with E-state index < -0.39 is 5.97 Å². The van der Waals surface area contributed by atoms with E-state index in [4.69, 9.17) is 44.3 Å². The second-order valence-corrected chi connectivity index (χ2v) is 8.22. The van der Waals surface area contributed by atoms with Crippen molar-refractivity contribution in [3.63, 3.8) is 0 Å². The van der Waals surface area contributed by atoms with Crippen LogP contribution in [-0.4, -0.2) is 25.1 Å². The smallest absolute Gasteiger partial charge is 0.338 e. The van der Waals surface area contributed by atoms with E-state index in [1.54, 1.807) is 72.5 Å². The van der Waals surface area contributed by atoms with Crippen LogP contribution in [0.2, 0.25) is 15.1 Å². The molecule has 1 amide bonds. The van der Waals surface area contributed by atoms with Crippen molar-refractivity contribution in [3.8, 4) is 5.75 Å². The first-order valence-corrected chi connectivity index (χ1v) is 11.4. The number of halogens is 3. The SMILES string of the molecule is CCOC(=O)c1ccc(N(Cc2ccc(Cl)cc2Cl)C(=O)c2ccc(OCC)c(Cl)c2)cc1. The number of nitrogens with zero attached hydrogens (tertiary/aromatic N) is 1. The summed E-state index contributed by atoms with van der Waals surface area (Å²) in [7, 11) is 0. The average molecular weight is 507 g/mol. The predicted molar refractivity (Wildman–Crippen MR) is 132 cm³/mol. The third-order valence-electron chi connectivity index (χ3n) is 4.76. The minimum Gasteiger partial charge on any atom is -0.492 e. The van der Waals surface area contributed by atoms with Gasteiger partial charge in [0.25, 0.3) is 5.91 Å². The molecule has 8 heteroatoms. The maximum absolute atomic E-state index is 13.5. The molecule has 3 rings (SSSR count). The molecule has 0 aromatic heterocycles. The number of carbonyl (C=O) groups excluding carboxylic acids is 2. The average Bonchev–Trinajstić information content (AvgIpc) is 2.80. The van der Waals surface area contributed by atoms with Gasteiger partial charge in [0.15, 0.2) is 0 Å². The summed E-state index contributed by atoms with van der Waals surface area (Å²) in [5.41, 5.74) is 2.05. The quantitative estimate of drug-likeness (QED) is 0.307. The highest BCUT2D eigenvalue weighted by atomic mass is 35.5. The summed E-state index contributed by atoms with van der Waals surface area (Å²) >= 11 is 18.7. The van der Waals surface area contributed by atoms with Crippen molar-refractivity contribution in [2.45, 2.75) is 20.4 Å². The summed E-state index contributed by atoms with van der Waals surface area (Å²) < 4.78 is 10.5. The Balaban J connectivity index is 1.98. The Morgan fingerprint density at radius 3 is 2.12 bits per heavy atom. The maximum atomic E-state index is 13.5. The monoisotopic (exact) mass is 505 g/mol. The van der Waals surface area contributed by atoms with Crippen LogP contribution in [0.4, 0.5) is 5.69 Å². The van der Waals surface area contributed by atoms with Gasteiger partial charge in [-0.15, -0.1) is 0 Å². The highest BCUT2D eigenvalue weighted by Crippen LogP contribution is 2.29. The second kappa shape index (κ2) is 11.4. The number of benzene rings is 3. The first kappa shape index (κ1) is 24.9. The Morgan fingerprint density at radius 2 is 1.52 bits per heavy atom. The van der Waals surface area contributed by atoms with Gasteiger partial charge in [0.05, 0.1) is 30.3 Å². The van der Waals surface area contributed by atoms with Gasteiger partial charge in [0.1, 0.15) is 5.75 Å². The molecule has 0 saturated heterocycles. The molecule has 33 heavy (non-hydrogen) atoms. The van der Waals surface area contributed by atoms with Crippen molar-refractivity contribution < 1.29 is 19.1 Å². The molecule has 0 unspecified atom stereocenters. The van der Waals surface area contributed by atoms with E-state index in [0.717, 1.165) is 0 Å². The number of amides is 1. The molecule has 0 aliphatic rings. The van der Waals surface area contributed by atoms with Crippen LogP contribution in [0.25, 0.3) is 0 Å². The Kier molecular flexibility index (Phi) is 8.61. The number of carbonyl (C=O) groups is 2. The largest absolute Gasteiger partial charge is 0.492 e. The van der Waals surface area contributed by atoms with Gasteiger partial charge >= 0.3 is 5.97 Å². The van der Waals surface area contributed by atoms with Gasteiger partial charge in [0.2, 0.25) is 0 Å². The van der Waals surface area contributed by atoms with Crippen LogP contribution in [-0.2, 0) is 11.3 Å². The lowest BCUT2D eigenvalue weighted by atomic mass is 10.1. The minimum atomic E-state index is -0.430. The van der Waals surface area contributed by atoms with Gasteiger partial charge in [-0.3, -0.25) is 4.79 Å². The molecule has 0 atom stereocenters. The molecule has 0 spiro atoms. The summed E-state index contributed by atoms with van der Waals surface area (Å²) in [6.45, 7) is 4.51. The third-order valence-corrected chi connectivity index (χ3v) is 5.64. The molecule has 172 valence electrons. The van der Waals surface area contributed by atoms with Crippen LogP contribution in [0, 0.1) is 0 Å². The summed E-state index contributed by atoms with van der Waals surface area (Å²) in [5, 5.41) is 1.27. The van der Waals surface area contributed by atoms with E-state index in [1.165, 1.54) is 0 Å². The van der Waals surface area contributed by atoms with Crippen molar-refractivity contribution in [1.29, 1.82) is 0 Å². The molecule has 0 fully saturated rings. The first-order valence-electron chi connectivity index (χ1n) is 10.3. The number of anilines is 1. The lowest BCUT2D eigenvalue weighted by Crippen LogP contribution is -2.30. The van der Waals surface area contributed by atoms with E-state index in [-0.39, 0.29) is 19.1 Å². The fraction of sp³-hybridized carbons (Fsp3) is 0.200. The second-order valence-electron chi connectivity index (χ2n) is 6.97. The minimum absolute atomic E-state index is 0.179. The number of hydrogen-bond acceptors (Lipinski definition) is 4. The van der Waals surface area contributed by atoms with Crippen LogP contribution in [0.3, 0.4) is 0 Å². The number of rotatable bonds is 8. The molecule has 3 aromatic rings. The van der Waals surface area contributed by atoms with E-state index >= 15 is 0 Å². The van der Waals surface area contributed by atoms with Crippen LogP contribution in [0.5, 0.6) is 5.75 Å². The highest BCUT2D eigenvalue weighted by Gasteiger charge is 2.21. The van der Waals surface area contributed by atoms with Gasteiger partial charge in [-0.05, 0) is 74.0 Å². The van der Waals surface area contributed by atoms with Crippen molar-refractivity contribution in [3.05, 3.63) is 92.4 Å². The van der Waals surface area contributed by atoms with Crippen LogP contribution >= 0.6 is 34.8 Å². The maximum Gasteiger partial charge on any atom is 0.338 e. The van der Waals surface area contributed by atoms with Gasteiger partial charge in [-0.25, -0.2) is 4.79 Å². The highest BCUT2D eigenvalue weighted by molar-refractivity contribution is 6.35. The molecule has 0 heterocycles. The first-order chi connectivity index (χ1) is 15.8. The molecule has 0 radical (unpaired) electrons. The zero-order valence-corrected chi connectivity index (χ0v) is 20.4. The van der Waals surface area contributed by atoms with E-state index in [0.29, 0.717) is 49.8 Å². The summed E-state index contributed by atoms with van der Waals surface area (Å²) in [4.78, 5) is 27.1. The van der Waals surface area contributed by atoms with E-state index in [1.807, 2.05) is 6.92 Å². The lowest BCUT2D eigenvalue weighted by molar-refractivity contribution is 0.0526. The van der Waals surface area contributed by atoms with Crippen LogP contribution < -0.4 is 9.64 Å². The van der Waals surface area contributed by atoms with E-state index in [9.17, 15) is 9.59 Å². The molecule has 5 nitrogen and oxygen atoms in total. The lowest BCUT2D eigenvalue weighted by Gasteiger charge is -2.24. The van der Waals surface area contributed by atoms with Crippen LogP contribution in [0.1, 0.15) is 40.1 Å². The number of esters is 1. The van der Waals surface area contributed by atoms with Gasteiger partial charge in [-0.2, -0.15) is 0 Å².